The third-order valence-corrected chi connectivity index (χ3v) is 1.02. The van der Waals surface area contributed by atoms with Crippen LogP contribution in [-0.2, 0) is 4.79 Å². The van der Waals surface area contributed by atoms with Crippen LogP contribution in [0.1, 0.15) is 6.42 Å². The Morgan fingerprint density at radius 1 is 1.86 bits per heavy atom. The smallest absolute Gasteiger partial charge is 0.304 e. The van der Waals surface area contributed by atoms with E-state index >= 15 is 0 Å². The Morgan fingerprint density at radius 3 is 2.57 bits per heavy atom. The van der Waals surface area contributed by atoms with Crippen LogP contribution in [-0.4, -0.2) is 23.5 Å². The maximum atomic E-state index is 9.73. The first-order valence-electron chi connectivity index (χ1n) is 1.91. The van der Waals surface area contributed by atoms with Gasteiger partial charge in [-0.2, -0.15) is 0 Å². The van der Waals surface area contributed by atoms with Gasteiger partial charge in [-0.1, -0.05) is 6.30 Å². The summed E-state index contributed by atoms with van der Waals surface area (Å²) in [7, 11) is 0.909. The summed E-state index contributed by atoms with van der Waals surface area (Å²) in [6.07, 6.45) is 4.37. The van der Waals surface area contributed by atoms with Crippen LogP contribution in [0, 0.1) is 0 Å². The molecule has 2 nitrogen and oxygen atoms in total. The molecule has 0 spiro atoms. The van der Waals surface area contributed by atoms with Crippen molar-refractivity contribution in [3.05, 3.63) is 0 Å². The van der Waals surface area contributed by atoms with Crippen molar-refractivity contribution in [3.63, 3.8) is 0 Å². The maximum absolute atomic E-state index is 9.73. The molecule has 0 aliphatic rings. The summed E-state index contributed by atoms with van der Waals surface area (Å²) < 4.78 is 0. The van der Waals surface area contributed by atoms with Crippen molar-refractivity contribution in [2.45, 2.75) is 6.42 Å². The Labute approximate surface area is 44.0 Å². The first kappa shape index (κ1) is 6.64. The second-order valence-electron chi connectivity index (χ2n) is 1.09. The SMILES string of the molecule is C=PCCC(=O)O. The lowest BCUT2D eigenvalue weighted by Gasteiger charge is -1.81. The predicted molar refractivity (Wildman–Crippen MR) is 31.2 cm³/mol. The fourth-order valence-electron chi connectivity index (χ4n) is 0.175. The summed E-state index contributed by atoms with van der Waals surface area (Å²) in [6.45, 7) is 0. The summed E-state index contributed by atoms with van der Waals surface area (Å²) in [5.41, 5.74) is 0. The molecular weight excluding hydrogens is 111 g/mol. The highest BCUT2D eigenvalue weighted by molar-refractivity contribution is 7.36. The van der Waals surface area contributed by atoms with Crippen LogP contribution < -0.4 is 0 Å². The van der Waals surface area contributed by atoms with Crippen LogP contribution in [0.4, 0.5) is 0 Å². The highest BCUT2D eigenvalue weighted by Crippen LogP contribution is 1.92. The molecule has 0 rings (SSSR count). The number of hydrogen-bond acceptors (Lipinski definition) is 1. The van der Waals surface area contributed by atoms with Crippen molar-refractivity contribution in [2.24, 2.45) is 0 Å². The molecule has 0 heterocycles. The van der Waals surface area contributed by atoms with Gasteiger partial charge in [0.15, 0.2) is 0 Å². The van der Waals surface area contributed by atoms with Crippen LogP contribution in [0.5, 0.6) is 0 Å². The zero-order valence-electron chi connectivity index (χ0n) is 3.92. The molecule has 0 fully saturated rings. The molecule has 0 saturated carbocycles. The van der Waals surface area contributed by atoms with E-state index in [1.165, 1.54) is 0 Å². The molecule has 0 amide bonds. The molecular formula is C4H7O2P. The molecule has 0 bridgehead atoms. The zero-order valence-corrected chi connectivity index (χ0v) is 4.82. The van der Waals surface area contributed by atoms with Crippen molar-refractivity contribution < 1.29 is 9.90 Å². The van der Waals surface area contributed by atoms with E-state index in [9.17, 15) is 4.79 Å². The topological polar surface area (TPSA) is 37.3 Å². The first-order chi connectivity index (χ1) is 3.27. The molecule has 0 atom stereocenters. The number of hydrogen-bond donors (Lipinski definition) is 1. The highest BCUT2D eigenvalue weighted by Gasteiger charge is 1.89. The molecule has 3 heteroatoms. The molecule has 0 saturated heterocycles. The van der Waals surface area contributed by atoms with Crippen LogP contribution in [0.15, 0.2) is 0 Å². The molecule has 7 heavy (non-hydrogen) atoms. The van der Waals surface area contributed by atoms with Gasteiger partial charge in [-0.3, -0.25) is 4.79 Å². The number of rotatable bonds is 3. The molecule has 0 aromatic carbocycles. The summed E-state index contributed by atoms with van der Waals surface area (Å²) in [4.78, 5) is 9.73. The minimum absolute atomic E-state index is 0.241. The van der Waals surface area contributed by atoms with E-state index in [1.807, 2.05) is 0 Å². The number of aliphatic carboxylic acids is 1. The molecule has 0 unspecified atom stereocenters. The fourth-order valence-corrected chi connectivity index (χ4v) is 0.524. The van der Waals surface area contributed by atoms with Crippen molar-refractivity contribution in [2.75, 3.05) is 6.16 Å². The third kappa shape index (κ3) is 5.64. The monoisotopic (exact) mass is 118 g/mol. The molecule has 0 aromatic rings. The van der Waals surface area contributed by atoms with Crippen LogP contribution in [0.3, 0.4) is 0 Å². The van der Waals surface area contributed by atoms with Gasteiger partial charge in [0.25, 0.3) is 0 Å². The van der Waals surface area contributed by atoms with Crippen LogP contribution >= 0.6 is 8.20 Å². The van der Waals surface area contributed by atoms with E-state index in [0.29, 0.717) is 6.16 Å². The second-order valence-corrected chi connectivity index (χ2v) is 1.99. The van der Waals surface area contributed by atoms with Crippen molar-refractivity contribution in [1.82, 2.24) is 0 Å². The summed E-state index contributed by atoms with van der Waals surface area (Å²) >= 11 is 0. The third-order valence-electron chi connectivity index (χ3n) is 0.484. The van der Waals surface area contributed by atoms with Gasteiger partial charge in [0, 0.05) is 0 Å². The van der Waals surface area contributed by atoms with Gasteiger partial charge < -0.3 is 5.11 Å². The second kappa shape index (κ2) is 3.82. The van der Waals surface area contributed by atoms with Crippen molar-refractivity contribution in [1.29, 1.82) is 0 Å². The molecule has 0 aliphatic heterocycles. The van der Waals surface area contributed by atoms with Crippen molar-refractivity contribution in [3.8, 4) is 0 Å². The van der Waals surface area contributed by atoms with E-state index in [1.54, 1.807) is 0 Å². The standard InChI is InChI=1S/C4H7O2P/c1-7-3-2-4(5)6/h1-3H2,(H,5,6). The largest absolute Gasteiger partial charge is 0.481 e. The molecule has 0 aromatic heterocycles. The molecule has 40 valence electrons. The first-order valence-corrected chi connectivity index (χ1v) is 3.18. The summed E-state index contributed by atoms with van der Waals surface area (Å²) in [5, 5.41) is 8.01. The van der Waals surface area contributed by atoms with Gasteiger partial charge >= 0.3 is 5.97 Å². The number of carboxylic acids is 1. The minimum Gasteiger partial charge on any atom is -0.481 e. The minimum atomic E-state index is -0.740. The van der Waals surface area contributed by atoms with E-state index in [-0.39, 0.29) is 6.42 Å². The summed E-state index contributed by atoms with van der Waals surface area (Å²) in [6, 6.07) is 0. The summed E-state index contributed by atoms with van der Waals surface area (Å²) in [5.74, 6) is -0.740. The Balaban J connectivity index is 2.97. The zero-order chi connectivity index (χ0) is 5.70. The fraction of sp³-hybridized carbons (Fsp3) is 0.500. The van der Waals surface area contributed by atoms with E-state index in [2.05, 4.69) is 6.30 Å². The quantitative estimate of drug-likeness (QED) is 0.557. The molecule has 1 N–H and O–H groups in total. The number of carboxylic acid groups (broad SMARTS) is 1. The Kier molecular flexibility index (Phi) is 3.62. The Morgan fingerprint density at radius 2 is 2.43 bits per heavy atom. The van der Waals surface area contributed by atoms with Crippen LogP contribution in [0.2, 0.25) is 0 Å². The van der Waals surface area contributed by atoms with Gasteiger partial charge in [-0.15, -0.1) is 8.20 Å². The van der Waals surface area contributed by atoms with E-state index in [4.69, 9.17) is 5.11 Å². The van der Waals surface area contributed by atoms with E-state index < -0.39 is 5.97 Å². The van der Waals surface area contributed by atoms with Gasteiger partial charge in [0.1, 0.15) is 0 Å². The molecule has 0 radical (unpaired) electrons. The lowest BCUT2D eigenvalue weighted by Crippen LogP contribution is -1.93. The average Bonchev–Trinajstić information content (AvgIpc) is 1.61. The normalized spacial score (nSPS) is 9.14. The van der Waals surface area contributed by atoms with Gasteiger partial charge in [0.05, 0.1) is 6.42 Å². The lowest BCUT2D eigenvalue weighted by molar-refractivity contribution is -0.136. The van der Waals surface area contributed by atoms with E-state index in [0.717, 1.165) is 8.20 Å². The van der Waals surface area contributed by atoms with Gasteiger partial charge in [0.2, 0.25) is 0 Å². The van der Waals surface area contributed by atoms with Crippen LogP contribution in [0.25, 0.3) is 0 Å². The van der Waals surface area contributed by atoms with Crippen molar-refractivity contribution >= 4 is 20.5 Å². The number of carbonyl (C=O) groups is 1. The lowest BCUT2D eigenvalue weighted by atomic mass is 10.5. The highest BCUT2D eigenvalue weighted by atomic mass is 31.1. The predicted octanol–water partition coefficient (Wildman–Crippen LogP) is 0.839. The Bertz CT molecular complexity index is 79.8. The average molecular weight is 118 g/mol. The van der Waals surface area contributed by atoms with Gasteiger partial charge in [-0.05, 0) is 6.16 Å². The maximum Gasteiger partial charge on any atom is 0.304 e. The Hall–Kier alpha value is -0.360. The molecule has 0 aliphatic carbocycles. The van der Waals surface area contributed by atoms with Gasteiger partial charge in [-0.25, -0.2) is 0 Å².